The van der Waals surface area contributed by atoms with Gasteiger partial charge in [0.2, 0.25) is 0 Å². The van der Waals surface area contributed by atoms with Crippen molar-refractivity contribution in [1.29, 1.82) is 0 Å². The standard InChI is InChI=1S/C33H26N4O/c1-24-12-8-9-17-29(24)36(30-18-10-11-19-31(30)38)27-22-20-25(21-23-27)32-34-33(26-13-4-2-5-14-26)37(35-32)28-15-6-3-7-16-28/h2-23,38H,1H3. The van der Waals surface area contributed by atoms with E-state index >= 15 is 0 Å². The monoisotopic (exact) mass is 494 g/mol. The molecular formula is C33H26N4O. The van der Waals surface area contributed by atoms with Gasteiger partial charge < -0.3 is 10.0 Å². The van der Waals surface area contributed by atoms with E-state index in [1.807, 2.05) is 120 Å². The molecule has 0 spiro atoms. The van der Waals surface area contributed by atoms with Crippen LogP contribution in [0, 0.1) is 6.92 Å². The lowest BCUT2D eigenvalue weighted by atomic mass is 10.1. The highest BCUT2D eigenvalue weighted by molar-refractivity contribution is 5.82. The van der Waals surface area contributed by atoms with Crippen LogP contribution >= 0.6 is 0 Å². The number of para-hydroxylation sites is 4. The van der Waals surface area contributed by atoms with Crippen LogP contribution < -0.4 is 4.90 Å². The van der Waals surface area contributed by atoms with Gasteiger partial charge in [0.1, 0.15) is 5.75 Å². The first-order valence-corrected chi connectivity index (χ1v) is 12.5. The lowest BCUT2D eigenvalue weighted by molar-refractivity contribution is 0.476. The van der Waals surface area contributed by atoms with Crippen molar-refractivity contribution in [3.05, 3.63) is 139 Å². The minimum absolute atomic E-state index is 0.218. The second-order valence-corrected chi connectivity index (χ2v) is 9.03. The van der Waals surface area contributed by atoms with Crippen molar-refractivity contribution in [3.8, 4) is 34.2 Å². The number of anilines is 3. The summed E-state index contributed by atoms with van der Waals surface area (Å²) in [7, 11) is 0. The summed E-state index contributed by atoms with van der Waals surface area (Å²) in [6.45, 7) is 2.07. The van der Waals surface area contributed by atoms with Crippen LogP contribution in [0.4, 0.5) is 17.1 Å². The fourth-order valence-corrected chi connectivity index (χ4v) is 4.59. The summed E-state index contributed by atoms with van der Waals surface area (Å²) in [6.07, 6.45) is 0. The molecule has 1 aromatic heterocycles. The molecule has 1 N–H and O–H groups in total. The average Bonchev–Trinajstić information content (AvgIpc) is 3.42. The van der Waals surface area contributed by atoms with Crippen molar-refractivity contribution >= 4 is 17.1 Å². The summed E-state index contributed by atoms with van der Waals surface area (Å²) in [5.41, 5.74) is 6.60. The average molecular weight is 495 g/mol. The number of phenols is 1. The highest BCUT2D eigenvalue weighted by atomic mass is 16.3. The number of hydrogen-bond acceptors (Lipinski definition) is 4. The Labute approximate surface area is 221 Å². The van der Waals surface area contributed by atoms with Crippen LogP contribution in [0.3, 0.4) is 0 Å². The van der Waals surface area contributed by atoms with Crippen molar-refractivity contribution in [2.45, 2.75) is 6.92 Å². The molecule has 0 saturated carbocycles. The lowest BCUT2D eigenvalue weighted by Crippen LogP contribution is -2.11. The summed E-state index contributed by atoms with van der Waals surface area (Å²) in [5.74, 6) is 1.64. The first kappa shape index (κ1) is 23.3. The molecule has 38 heavy (non-hydrogen) atoms. The summed E-state index contributed by atoms with van der Waals surface area (Å²) in [5, 5.41) is 15.6. The Hall–Kier alpha value is -5.16. The van der Waals surface area contributed by atoms with Crippen LogP contribution in [0.2, 0.25) is 0 Å². The zero-order valence-corrected chi connectivity index (χ0v) is 20.9. The van der Waals surface area contributed by atoms with Gasteiger partial charge in [0.25, 0.3) is 0 Å². The van der Waals surface area contributed by atoms with Gasteiger partial charge in [0, 0.05) is 22.5 Å². The van der Waals surface area contributed by atoms with Crippen LogP contribution in [0.25, 0.3) is 28.5 Å². The zero-order valence-electron chi connectivity index (χ0n) is 20.9. The SMILES string of the molecule is Cc1ccccc1N(c1ccc(-c2nc(-c3ccccc3)n(-c3ccccc3)n2)cc1)c1ccccc1O. The van der Waals surface area contributed by atoms with Crippen molar-refractivity contribution in [2.75, 3.05) is 4.90 Å². The Bertz CT molecular complexity index is 1570. The fourth-order valence-electron chi connectivity index (χ4n) is 4.59. The van der Waals surface area contributed by atoms with Gasteiger partial charge in [-0.25, -0.2) is 9.67 Å². The van der Waals surface area contributed by atoms with E-state index in [1.165, 1.54) is 0 Å². The summed E-state index contributed by atoms with van der Waals surface area (Å²) in [4.78, 5) is 7.01. The maximum atomic E-state index is 10.7. The molecule has 184 valence electrons. The van der Waals surface area contributed by atoms with Gasteiger partial charge in [-0.15, -0.1) is 5.10 Å². The predicted octanol–water partition coefficient (Wildman–Crippen LogP) is 8.09. The zero-order chi connectivity index (χ0) is 25.9. The Morgan fingerprint density at radius 1 is 0.605 bits per heavy atom. The number of hydrogen-bond donors (Lipinski definition) is 1. The lowest BCUT2D eigenvalue weighted by Gasteiger charge is -2.27. The van der Waals surface area contributed by atoms with E-state index in [1.54, 1.807) is 6.07 Å². The Kier molecular flexibility index (Phi) is 6.16. The summed E-state index contributed by atoms with van der Waals surface area (Å²) >= 11 is 0. The van der Waals surface area contributed by atoms with Crippen LogP contribution in [0.15, 0.2) is 133 Å². The van der Waals surface area contributed by atoms with E-state index in [4.69, 9.17) is 10.1 Å². The second kappa shape index (κ2) is 10.1. The molecule has 5 aromatic carbocycles. The Balaban J connectivity index is 1.44. The highest BCUT2D eigenvalue weighted by Gasteiger charge is 2.19. The van der Waals surface area contributed by atoms with Crippen molar-refractivity contribution < 1.29 is 5.11 Å². The van der Waals surface area contributed by atoms with Crippen LogP contribution in [-0.2, 0) is 0 Å². The normalized spacial score (nSPS) is 10.9. The van der Waals surface area contributed by atoms with E-state index in [9.17, 15) is 5.11 Å². The molecule has 0 bridgehead atoms. The number of aryl methyl sites for hydroxylation is 1. The van der Waals surface area contributed by atoms with Crippen molar-refractivity contribution in [1.82, 2.24) is 14.8 Å². The molecule has 6 rings (SSSR count). The molecule has 5 nitrogen and oxygen atoms in total. The van der Waals surface area contributed by atoms with Crippen molar-refractivity contribution in [3.63, 3.8) is 0 Å². The first-order valence-electron chi connectivity index (χ1n) is 12.5. The van der Waals surface area contributed by atoms with Crippen LogP contribution in [-0.4, -0.2) is 19.9 Å². The van der Waals surface area contributed by atoms with Gasteiger partial charge in [-0.05, 0) is 67.1 Å². The summed E-state index contributed by atoms with van der Waals surface area (Å²) < 4.78 is 1.89. The number of benzene rings is 5. The second-order valence-electron chi connectivity index (χ2n) is 9.03. The molecule has 0 aliphatic heterocycles. The molecule has 0 unspecified atom stereocenters. The molecule has 0 aliphatic rings. The topological polar surface area (TPSA) is 54.2 Å². The van der Waals surface area contributed by atoms with E-state index in [0.717, 1.165) is 39.6 Å². The third-order valence-corrected chi connectivity index (χ3v) is 6.50. The van der Waals surface area contributed by atoms with Gasteiger partial charge >= 0.3 is 0 Å². The third-order valence-electron chi connectivity index (χ3n) is 6.50. The minimum Gasteiger partial charge on any atom is -0.506 e. The molecule has 0 atom stereocenters. The quantitative estimate of drug-likeness (QED) is 0.254. The van der Waals surface area contributed by atoms with E-state index in [0.29, 0.717) is 11.5 Å². The number of nitrogens with zero attached hydrogens (tertiary/aromatic N) is 4. The minimum atomic E-state index is 0.218. The van der Waals surface area contributed by atoms with E-state index in [2.05, 4.69) is 24.0 Å². The maximum absolute atomic E-state index is 10.7. The largest absolute Gasteiger partial charge is 0.506 e. The van der Waals surface area contributed by atoms with E-state index < -0.39 is 0 Å². The molecule has 0 fully saturated rings. The molecule has 1 heterocycles. The molecule has 5 heteroatoms. The Morgan fingerprint density at radius 2 is 1.21 bits per heavy atom. The molecule has 0 aliphatic carbocycles. The van der Waals surface area contributed by atoms with Gasteiger partial charge in [-0.3, -0.25) is 0 Å². The molecular weight excluding hydrogens is 468 g/mol. The van der Waals surface area contributed by atoms with Crippen LogP contribution in [0.5, 0.6) is 5.75 Å². The third kappa shape index (κ3) is 4.42. The van der Waals surface area contributed by atoms with Gasteiger partial charge in [0.15, 0.2) is 11.6 Å². The molecule has 0 saturated heterocycles. The number of rotatable bonds is 6. The molecule has 0 radical (unpaired) electrons. The van der Waals surface area contributed by atoms with Gasteiger partial charge in [-0.2, -0.15) is 0 Å². The highest BCUT2D eigenvalue weighted by Crippen LogP contribution is 2.41. The molecule has 0 amide bonds. The number of aromatic nitrogens is 3. The van der Waals surface area contributed by atoms with Crippen LogP contribution in [0.1, 0.15) is 5.56 Å². The smallest absolute Gasteiger partial charge is 0.182 e. The fraction of sp³-hybridized carbons (Fsp3) is 0.0303. The van der Waals surface area contributed by atoms with E-state index in [-0.39, 0.29) is 5.75 Å². The predicted molar refractivity (Wildman–Crippen MR) is 153 cm³/mol. The molecule has 6 aromatic rings. The van der Waals surface area contributed by atoms with Crippen molar-refractivity contribution in [2.24, 2.45) is 0 Å². The number of aromatic hydroxyl groups is 1. The van der Waals surface area contributed by atoms with Gasteiger partial charge in [-0.1, -0.05) is 78.9 Å². The summed E-state index contributed by atoms with van der Waals surface area (Å²) in [6, 6.07) is 43.8. The maximum Gasteiger partial charge on any atom is 0.182 e. The van der Waals surface area contributed by atoms with Gasteiger partial charge in [0.05, 0.1) is 11.4 Å². The first-order chi connectivity index (χ1) is 18.7. The Morgan fingerprint density at radius 3 is 1.89 bits per heavy atom. The number of phenolic OH excluding ortho intramolecular Hbond substituents is 1.